The van der Waals surface area contributed by atoms with Crippen LogP contribution >= 0.6 is 11.3 Å². The van der Waals surface area contributed by atoms with Crippen molar-refractivity contribution < 1.29 is 27.1 Å². The van der Waals surface area contributed by atoms with Gasteiger partial charge < -0.3 is 9.47 Å². The van der Waals surface area contributed by atoms with Gasteiger partial charge in [0.05, 0.1) is 14.2 Å². The summed E-state index contributed by atoms with van der Waals surface area (Å²) < 4.78 is 50.3. The lowest BCUT2D eigenvalue weighted by Crippen LogP contribution is -2.31. The van der Waals surface area contributed by atoms with Gasteiger partial charge in [-0.3, -0.25) is 0 Å². The lowest BCUT2D eigenvalue weighted by molar-refractivity contribution is 0.0602. The standard InChI is InChI=1S/C16H18FNO5S2/c1-4-18(10-11-5-6-13(22-2)12(17)9-11)25(20,21)14-7-8-24-15(14)16(19)23-3/h5-9H,4,10H2,1-3H3. The molecule has 1 aromatic heterocycles. The number of hydrogen-bond donors (Lipinski definition) is 0. The van der Waals surface area contributed by atoms with Crippen molar-refractivity contribution >= 4 is 27.3 Å². The fourth-order valence-electron chi connectivity index (χ4n) is 2.26. The Labute approximate surface area is 149 Å². The molecule has 0 aliphatic heterocycles. The largest absolute Gasteiger partial charge is 0.494 e. The minimum atomic E-state index is -3.93. The number of carbonyl (C=O) groups is 1. The molecule has 0 spiro atoms. The number of methoxy groups -OCH3 is 2. The topological polar surface area (TPSA) is 72.9 Å². The number of thiophene rings is 1. The average Bonchev–Trinajstić information content (AvgIpc) is 3.09. The molecule has 0 saturated heterocycles. The van der Waals surface area contributed by atoms with E-state index >= 15 is 0 Å². The first-order chi connectivity index (χ1) is 11.8. The van der Waals surface area contributed by atoms with E-state index in [0.717, 1.165) is 11.3 Å². The number of halogens is 1. The molecular formula is C16H18FNO5S2. The summed E-state index contributed by atoms with van der Waals surface area (Å²) in [5.41, 5.74) is 0.471. The molecule has 0 aliphatic carbocycles. The smallest absolute Gasteiger partial charge is 0.349 e. The molecule has 0 saturated carbocycles. The van der Waals surface area contributed by atoms with Crippen LogP contribution in [-0.2, 0) is 21.3 Å². The molecule has 0 amide bonds. The van der Waals surface area contributed by atoms with Crippen LogP contribution in [0.1, 0.15) is 22.2 Å². The highest BCUT2D eigenvalue weighted by atomic mass is 32.2. The minimum Gasteiger partial charge on any atom is -0.494 e. The molecule has 0 unspecified atom stereocenters. The lowest BCUT2D eigenvalue weighted by Gasteiger charge is -2.20. The molecule has 1 aromatic carbocycles. The van der Waals surface area contributed by atoms with Gasteiger partial charge >= 0.3 is 5.97 Å². The predicted molar refractivity (Wildman–Crippen MR) is 91.9 cm³/mol. The van der Waals surface area contributed by atoms with Crippen molar-refractivity contribution in [2.45, 2.75) is 18.4 Å². The van der Waals surface area contributed by atoms with Crippen molar-refractivity contribution in [3.63, 3.8) is 0 Å². The van der Waals surface area contributed by atoms with E-state index in [4.69, 9.17) is 4.74 Å². The van der Waals surface area contributed by atoms with Gasteiger partial charge in [-0.2, -0.15) is 4.31 Å². The molecule has 25 heavy (non-hydrogen) atoms. The van der Waals surface area contributed by atoms with Crippen molar-refractivity contribution in [2.75, 3.05) is 20.8 Å². The number of rotatable bonds is 7. The molecule has 2 aromatic rings. The number of sulfonamides is 1. The quantitative estimate of drug-likeness (QED) is 0.683. The lowest BCUT2D eigenvalue weighted by atomic mass is 10.2. The first-order valence-electron chi connectivity index (χ1n) is 7.33. The van der Waals surface area contributed by atoms with Crippen LogP contribution in [0.15, 0.2) is 34.5 Å². The van der Waals surface area contributed by atoms with Crippen LogP contribution in [0, 0.1) is 5.82 Å². The molecule has 0 atom stereocenters. The van der Waals surface area contributed by atoms with E-state index in [1.54, 1.807) is 13.0 Å². The Balaban J connectivity index is 2.35. The van der Waals surface area contributed by atoms with E-state index in [2.05, 4.69) is 4.74 Å². The summed E-state index contributed by atoms with van der Waals surface area (Å²) in [5.74, 6) is -1.19. The van der Waals surface area contributed by atoms with Crippen molar-refractivity contribution in [3.8, 4) is 5.75 Å². The molecule has 2 rings (SSSR count). The van der Waals surface area contributed by atoms with Gasteiger partial charge in [-0.15, -0.1) is 11.3 Å². The van der Waals surface area contributed by atoms with Gasteiger partial charge in [-0.05, 0) is 29.1 Å². The highest BCUT2D eigenvalue weighted by Gasteiger charge is 2.30. The number of hydrogen-bond acceptors (Lipinski definition) is 6. The molecular weight excluding hydrogens is 369 g/mol. The van der Waals surface area contributed by atoms with Gasteiger partial charge in [0.15, 0.2) is 11.6 Å². The highest BCUT2D eigenvalue weighted by molar-refractivity contribution is 7.89. The fourth-order valence-corrected chi connectivity index (χ4v) is 5.00. The second kappa shape index (κ2) is 7.94. The fraction of sp³-hybridized carbons (Fsp3) is 0.312. The number of nitrogens with zero attached hydrogens (tertiary/aromatic N) is 1. The summed E-state index contributed by atoms with van der Waals surface area (Å²) >= 11 is 0.994. The van der Waals surface area contributed by atoms with Crippen molar-refractivity contribution in [1.29, 1.82) is 0 Å². The molecule has 0 N–H and O–H groups in total. The van der Waals surface area contributed by atoms with Crippen LogP contribution < -0.4 is 4.74 Å². The first-order valence-corrected chi connectivity index (χ1v) is 9.65. The summed E-state index contributed by atoms with van der Waals surface area (Å²) in [5, 5.41) is 1.51. The Hall–Kier alpha value is -1.97. The molecule has 0 aliphatic rings. The third-order valence-electron chi connectivity index (χ3n) is 3.55. The van der Waals surface area contributed by atoms with E-state index in [-0.39, 0.29) is 28.6 Å². The van der Waals surface area contributed by atoms with E-state index in [0.29, 0.717) is 5.56 Å². The summed E-state index contributed by atoms with van der Waals surface area (Å²) in [6.45, 7) is 1.80. The second-order valence-electron chi connectivity index (χ2n) is 5.01. The number of esters is 1. The highest BCUT2D eigenvalue weighted by Crippen LogP contribution is 2.27. The van der Waals surface area contributed by atoms with E-state index in [1.807, 2.05) is 0 Å². The molecule has 0 fully saturated rings. The van der Waals surface area contributed by atoms with Crippen molar-refractivity contribution in [1.82, 2.24) is 4.31 Å². The van der Waals surface area contributed by atoms with Crippen LogP contribution in [0.4, 0.5) is 4.39 Å². The molecule has 1 heterocycles. The van der Waals surface area contributed by atoms with Crippen LogP contribution in [-0.4, -0.2) is 39.5 Å². The van der Waals surface area contributed by atoms with Crippen LogP contribution in [0.3, 0.4) is 0 Å². The van der Waals surface area contributed by atoms with Gasteiger partial charge in [0.25, 0.3) is 0 Å². The molecule has 9 heteroatoms. The maximum absolute atomic E-state index is 13.8. The minimum absolute atomic E-state index is 0.0156. The maximum atomic E-state index is 13.8. The van der Waals surface area contributed by atoms with E-state index in [9.17, 15) is 17.6 Å². The third kappa shape index (κ3) is 4.00. The Kier molecular flexibility index (Phi) is 6.15. The number of ether oxygens (including phenoxy) is 2. The predicted octanol–water partition coefficient (Wildman–Crippen LogP) is 2.89. The van der Waals surface area contributed by atoms with Gasteiger partial charge in [-0.1, -0.05) is 13.0 Å². The summed E-state index contributed by atoms with van der Waals surface area (Å²) in [6, 6.07) is 5.62. The molecule has 136 valence electrons. The zero-order chi connectivity index (χ0) is 18.6. The van der Waals surface area contributed by atoms with Crippen LogP contribution in [0.25, 0.3) is 0 Å². The summed E-state index contributed by atoms with van der Waals surface area (Å²) in [6.07, 6.45) is 0. The second-order valence-corrected chi connectivity index (χ2v) is 7.83. The number of benzene rings is 1. The van der Waals surface area contributed by atoms with Crippen LogP contribution in [0.5, 0.6) is 5.75 Å². The SMILES string of the molecule is CCN(Cc1ccc(OC)c(F)c1)S(=O)(=O)c1ccsc1C(=O)OC. The van der Waals surface area contributed by atoms with Gasteiger partial charge in [0.1, 0.15) is 9.77 Å². The first kappa shape index (κ1) is 19.4. The van der Waals surface area contributed by atoms with Gasteiger partial charge in [0.2, 0.25) is 10.0 Å². The average molecular weight is 387 g/mol. The maximum Gasteiger partial charge on any atom is 0.349 e. The zero-order valence-corrected chi connectivity index (χ0v) is 15.6. The Morgan fingerprint density at radius 1 is 1.28 bits per heavy atom. The Morgan fingerprint density at radius 3 is 2.56 bits per heavy atom. The van der Waals surface area contributed by atoms with Gasteiger partial charge in [0, 0.05) is 13.1 Å². The van der Waals surface area contributed by atoms with E-state index in [1.165, 1.54) is 42.1 Å². The van der Waals surface area contributed by atoms with Crippen molar-refractivity contribution in [3.05, 3.63) is 45.9 Å². The van der Waals surface area contributed by atoms with Crippen molar-refractivity contribution in [2.24, 2.45) is 0 Å². The summed E-state index contributed by atoms with van der Waals surface area (Å²) in [4.78, 5) is 11.7. The summed E-state index contributed by atoms with van der Waals surface area (Å²) in [7, 11) is -1.39. The van der Waals surface area contributed by atoms with Gasteiger partial charge in [-0.25, -0.2) is 17.6 Å². The van der Waals surface area contributed by atoms with E-state index < -0.39 is 21.8 Å². The molecule has 0 bridgehead atoms. The normalized spacial score (nSPS) is 11.6. The zero-order valence-electron chi connectivity index (χ0n) is 14.0. The Morgan fingerprint density at radius 2 is 2.00 bits per heavy atom. The number of carbonyl (C=O) groups excluding carboxylic acids is 1. The monoisotopic (exact) mass is 387 g/mol. The third-order valence-corrected chi connectivity index (χ3v) is 6.53. The molecule has 0 radical (unpaired) electrons. The molecule has 6 nitrogen and oxygen atoms in total. The van der Waals surface area contributed by atoms with Crippen LogP contribution in [0.2, 0.25) is 0 Å². The Bertz CT molecular complexity index is 863.